The van der Waals surface area contributed by atoms with Gasteiger partial charge in [-0.05, 0) is 157 Å². The first-order valence-electron chi connectivity index (χ1n) is 28.0. The van der Waals surface area contributed by atoms with Crippen molar-refractivity contribution < 1.29 is 19.1 Å². The van der Waals surface area contributed by atoms with Crippen molar-refractivity contribution in [1.82, 2.24) is 19.9 Å². The van der Waals surface area contributed by atoms with Gasteiger partial charge in [0, 0.05) is 58.2 Å². The van der Waals surface area contributed by atoms with Crippen LogP contribution in [-0.4, -0.2) is 44.7 Å². The highest BCUT2D eigenvalue weighted by Gasteiger charge is 2.36. The third-order valence-corrected chi connectivity index (χ3v) is 16.2. The molecule has 2 atom stereocenters. The molecule has 9 nitrogen and oxygen atoms in total. The van der Waals surface area contributed by atoms with Crippen LogP contribution in [0.1, 0.15) is 185 Å². The summed E-state index contributed by atoms with van der Waals surface area (Å²) < 4.78 is 5.05. The van der Waals surface area contributed by atoms with Gasteiger partial charge in [0.05, 0.1) is 40.8 Å². The van der Waals surface area contributed by atoms with Crippen LogP contribution in [0.25, 0.3) is 39.3 Å². The number of anilines is 1. The molecule has 408 valence electrons. The molecule has 8 rings (SSSR count). The lowest BCUT2D eigenvalue weighted by Gasteiger charge is -2.32. The average molecular weight is 1050 g/mol. The first-order chi connectivity index (χ1) is 37.8. The Bertz CT molecular complexity index is 3620. The molecule has 79 heavy (non-hydrogen) atoms. The topological polar surface area (TPSA) is 130 Å². The Balaban J connectivity index is 0.974. The highest BCUT2D eigenvalue weighted by atomic mass is 16.5. The van der Waals surface area contributed by atoms with Gasteiger partial charge < -0.3 is 20.0 Å². The molecular weight excluding hydrogens is 975 g/mol. The highest BCUT2D eigenvalue weighted by Crippen LogP contribution is 2.45. The number of esters is 1. The van der Waals surface area contributed by atoms with Crippen molar-refractivity contribution in [1.29, 1.82) is 0 Å². The van der Waals surface area contributed by atoms with E-state index in [0.29, 0.717) is 28.8 Å². The van der Waals surface area contributed by atoms with Crippen molar-refractivity contribution in [2.45, 2.75) is 140 Å². The fraction of sp³-hybridized carbons (Fsp3) is 0.329. The van der Waals surface area contributed by atoms with E-state index in [1.54, 1.807) is 0 Å². The number of aromatic nitrogens is 4. The van der Waals surface area contributed by atoms with Gasteiger partial charge in [-0.15, -0.1) is 0 Å². The lowest BCUT2D eigenvalue weighted by Crippen LogP contribution is -2.19. The molecule has 8 bridgehead atoms. The maximum atomic E-state index is 14.6. The lowest BCUT2D eigenvalue weighted by molar-refractivity contribution is -0.140. The molecule has 3 aromatic heterocycles. The number of fused-ring (bicyclic) bond motifs is 8. The van der Waals surface area contributed by atoms with Crippen LogP contribution in [0, 0.1) is 19.3 Å². The zero-order valence-corrected chi connectivity index (χ0v) is 48.8. The van der Waals surface area contributed by atoms with E-state index in [9.17, 15) is 14.4 Å². The average Bonchev–Trinajstić information content (AvgIpc) is 4.39. The maximum Gasteiger partial charge on any atom is 0.305 e. The van der Waals surface area contributed by atoms with Crippen molar-refractivity contribution in [3.8, 4) is 0 Å². The summed E-state index contributed by atoms with van der Waals surface area (Å²) >= 11 is 0. The highest BCUT2D eigenvalue weighted by molar-refractivity contribution is 6.14. The van der Waals surface area contributed by atoms with E-state index in [-0.39, 0.29) is 47.8 Å². The fourth-order valence-electron chi connectivity index (χ4n) is 11.5. The Morgan fingerprint density at radius 3 is 2.04 bits per heavy atom. The number of nitrogens with zero attached hydrogens (tertiary/aromatic N) is 2. The van der Waals surface area contributed by atoms with E-state index in [4.69, 9.17) is 14.7 Å². The monoisotopic (exact) mass is 1050 g/mol. The number of Topliss-reactive ketones (excluding diaryl/α,β-unsaturated/α-hetero) is 1. The number of benzene rings is 1. The summed E-state index contributed by atoms with van der Waals surface area (Å²) in [5.74, 6) is -0.720. The number of hydrogen-bond donors (Lipinski definition) is 3. The Morgan fingerprint density at radius 2 is 1.39 bits per heavy atom. The third kappa shape index (κ3) is 13.2. The Labute approximate surface area is 468 Å². The van der Waals surface area contributed by atoms with Crippen LogP contribution in [0.5, 0.6) is 0 Å². The zero-order chi connectivity index (χ0) is 56.7. The number of carbonyl (C=O) groups excluding carboxylic acids is 3. The number of rotatable bonds is 16. The van der Waals surface area contributed by atoms with E-state index in [1.807, 2.05) is 56.3 Å². The number of carbonyl (C=O) groups is 3. The standard InChI is InChI=1S/C70H79N5O4/c1-14-53-47(7)57-41-62-65(49(9)59(73-62)39-58-48(8)54(34-36-64(77)79-13)67(74-58)55-38-63(76)66-50(10)60(75-68(55)66)40-61(53)72-57)69(78)71-52-32-30-51(31-33-52)29-27-44(4)24-17-22-42(2)20-15-16-21-43(3)23-18-25-45(5)28-35-56-46(6)26-19-37-70(56,11)12/h15-18,20-25,27-33,35,39-41,48,54,73,75H,14,19,26,34,36-38H2,1-13H3,(H,71,78)/b16-15+,22-17+,23-18+,29-27+,35-28+,42-20+,43-21+,44-24+,45-25+,57-41?,58-39?,59-39?,60-40?,61-40?,62-41?,67-55?/t48-,54-/m0/s1. The summed E-state index contributed by atoms with van der Waals surface area (Å²) in [4.78, 5) is 58.5. The summed E-state index contributed by atoms with van der Waals surface area (Å²) in [6, 6.07) is 13.9. The minimum absolute atomic E-state index is 0.0505. The summed E-state index contributed by atoms with van der Waals surface area (Å²) in [5, 5.41) is 3.18. The Morgan fingerprint density at radius 1 is 0.772 bits per heavy atom. The van der Waals surface area contributed by atoms with Gasteiger partial charge in [0.1, 0.15) is 0 Å². The minimum Gasteiger partial charge on any atom is -0.469 e. The molecule has 1 aromatic carbocycles. The van der Waals surface area contributed by atoms with Gasteiger partial charge in [0.2, 0.25) is 0 Å². The number of aromatic amines is 2. The second kappa shape index (κ2) is 24.8. The summed E-state index contributed by atoms with van der Waals surface area (Å²) in [7, 11) is 1.40. The molecular formula is C70H79N5O4. The minimum atomic E-state index is -0.291. The Kier molecular flexibility index (Phi) is 18.0. The van der Waals surface area contributed by atoms with Crippen LogP contribution in [0.2, 0.25) is 0 Å². The van der Waals surface area contributed by atoms with E-state index in [0.717, 1.165) is 90.3 Å². The largest absolute Gasteiger partial charge is 0.469 e. The Hall–Kier alpha value is -7.91. The van der Waals surface area contributed by atoms with Gasteiger partial charge in [0.25, 0.3) is 5.91 Å². The molecule has 5 heterocycles. The number of ketones is 1. The van der Waals surface area contributed by atoms with E-state index >= 15 is 0 Å². The predicted octanol–water partition coefficient (Wildman–Crippen LogP) is 17.7. The number of nitrogens with one attached hydrogen (secondary N) is 3. The van der Waals surface area contributed by atoms with E-state index < -0.39 is 0 Å². The summed E-state index contributed by atoms with van der Waals surface area (Å²) in [6.45, 7) is 25.7. The number of hydrogen-bond acceptors (Lipinski definition) is 6. The normalized spacial score (nSPS) is 18.3. The third-order valence-electron chi connectivity index (χ3n) is 16.2. The second-order valence-corrected chi connectivity index (χ2v) is 22.6. The number of amides is 1. The molecule has 4 aromatic rings. The van der Waals surface area contributed by atoms with Gasteiger partial charge in [-0.2, -0.15) is 0 Å². The van der Waals surface area contributed by atoms with E-state index in [1.165, 1.54) is 48.7 Å². The molecule has 2 aliphatic carbocycles. The summed E-state index contributed by atoms with van der Waals surface area (Å²) in [6.07, 6.45) is 35.2. The maximum absolute atomic E-state index is 14.6. The van der Waals surface area contributed by atoms with Crippen LogP contribution < -0.4 is 5.32 Å². The molecule has 3 N–H and O–H groups in total. The molecule has 0 spiro atoms. The van der Waals surface area contributed by atoms with Crippen LogP contribution in [0.15, 0.2) is 155 Å². The second-order valence-electron chi connectivity index (χ2n) is 22.6. The van der Waals surface area contributed by atoms with Gasteiger partial charge in [-0.1, -0.05) is 153 Å². The molecule has 2 aliphatic heterocycles. The van der Waals surface area contributed by atoms with E-state index in [2.05, 4.69) is 170 Å². The van der Waals surface area contributed by atoms with Crippen LogP contribution in [0.4, 0.5) is 5.69 Å². The van der Waals surface area contributed by atoms with Crippen molar-refractivity contribution >= 4 is 62.6 Å². The van der Waals surface area contributed by atoms with Gasteiger partial charge in [-0.3, -0.25) is 19.4 Å². The number of methoxy groups -OCH3 is 1. The van der Waals surface area contributed by atoms with Crippen LogP contribution >= 0.6 is 0 Å². The number of aryl methyl sites for hydroxylation is 2. The predicted molar refractivity (Wildman–Crippen MR) is 329 cm³/mol. The summed E-state index contributed by atoms with van der Waals surface area (Å²) in [5.41, 5.74) is 21.6. The fourth-order valence-corrected chi connectivity index (χ4v) is 11.5. The SMILES string of the molecule is CCC1=C(C)c2cc3[nH]c(cc4nc(c5c6[nH]c(cc1n2)c(C)c6C(=O)C5)[C@@H](CCC(=O)OC)[C@@H]4C)c(C)c3C(=O)Nc1ccc(/C=C/C(C)=C/C=C/C(C)=C/C=C/C=C(C)/C=C/C=C(C)/C=C/C2=C(C)CCCC2(C)C)cc1. The molecule has 0 saturated carbocycles. The molecule has 9 heteroatoms. The van der Waals surface area contributed by atoms with Gasteiger partial charge in [-0.25, -0.2) is 4.98 Å². The number of H-pyrrole nitrogens is 2. The van der Waals surface area contributed by atoms with Crippen LogP contribution in [-0.2, 0) is 16.0 Å². The molecule has 0 fully saturated rings. The molecule has 0 saturated heterocycles. The zero-order valence-electron chi connectivity index (χ0n) is 48.8. The smallest absolute Gasteiger partial charge is 0.305 e. The molecule has 0 unspecified atom stereocenters. The van der Waals surface area contributed by atoms with Crippen molar-refractivity contribution in [3.63, 3.8) is 0 Å². The molecule has 0 radical (unpaired) electrons. The van der Waals surface area contributed by atoms with Crippen molar-refractivity contribution in [2.75, 3.05) is 12.4 Å². The molecule has 4 aliphatic rings. The first-order valence-corrected chi connectivity index (χ1v) is 28.0. The van der Waals surface area contributed by atoms with Crippen LogP contribution in [0.3, 0.4) is 0 Å². The quantitative estimate of drug-likeness (QED) is 0.0757. The van der Waals surface area contributed by atoms with Gasteiger partial charge >= 0.3 is 5.97 Å². The van der Waals surface area contributed by atoms with Gasteiger partial charge in [0.15, 0.2) is 5.78 Å². The van der Waals surface area contributed by atoms with Crippen molar-refractivity contribution in [3.05, 3.63) is 211 Å². The molecule has 1 amide bonds. The van der Waals surface area contributed by atoms with Crippen molar-refractivity contribution in [2.24, 2.45) is 5.41 Å². The number of allylic oxidation sites excluding steroid dienone is 21. The first kappa shape index (κ1) is 57.3. The number of ether oxygens (including phenoxy) is 1. The lowest BCUT2D eigenvalue weighted by atomic mass is 9.72.